The topological polar surface area (TPSA) is 49.7 Å². The van der Waals surface area contributed by atoms with Gasteiger partial charge in [0.1, 0.15) is 5.75 Å². The number of hydrogen-bond acceptors (Lipinski definition) is 3. The van der Waals surface area contributed by atoms with E-state index < -0.39 is 7.12 Å². The number of rotatable bonds is 1. The maximum atomic E-state index is 8.93. The fraction of sp³-hybridized carbons (Fsp3) is 0.333. The van der Waals surface area contributed by atoms with Crippen LogP contribution in [0, 0.1) is 0 Å². The van der Waals surface area contributed by atoms with Crippen molar-refractivity contribution in [2.75, 3.05) is 6.61 Å². The SMILES string of the molecule is OB(O)c1ccc2c(c1)OCCC2. The lowest BCUT2D eigenvalue weighted by atomic mass is 9.79. The Labute approximate surface area is 77.1 Å². The Morgan fingerprint density at radius 2 is 2.15 bits per heavy atom. The summed E-state index contributed by atoms with van der Waals surface area (Å²) in [6, 6.07) is 5.31. The molecule has 2 rings (SSSR count). The third-order valence-corrected chi connectivity index (χ3v) is 2.24. The van der Waals surface area contributed by atoms with Crippen molar-refractivity contribution in [2.24, 2.45) is 0 Å². The molecule has 4 heteroatoms. The molecule has 1 heterocycles. The van der Waals surface area contributed by atoms with Gasteiger partial charge in [-0.15, -0.1) is 0 Å². The average molecular weight is 178 g/mol. The molecule has 0 unspecified atom stereocenters. The summed E-state index contributed by atoms with van der Waals surface area (Å²) in [6.07, 6.45) is 2.05. The summed E-state index contributed by atoms with van der Waals surface area (Å²) < 4.78 is 5.39. The Morgan fingerprint density at radius 3 is 2.92 bits per heavy atom. The van der Waals surface area contributed by atoms with Gasteiger partial charge in [0.2, 0.25) is 0 Å². The standard InChI is InChI=1S/C9H11BO3/c11-10(12)8-4-3-7-2-1-5-13-9(7)6-8/h3-4,6,11-12H,1-2,5H2. The van der Waals surface area contributed by atoms with Crippen LogP contribution in [0.2, 0.25) is 0 Å². The molecular weight excluding hydrogens is 167 g/mol. The third-order valence-electron chi connectivity index (χ3n) is 2.24. The largest absolute Gasteiger partial charge is 0.493 e. The molecule has 0 saturated heterocycles. The molecule has 0 aromatic heterocycles. The smallest absolute Gasteiger partial charge is 0.488 e. The van der Waals surface area contributed by atoms with E-state index in [0.29, 0.717) is 5.46 Å². The highest BCUT2D eigenvalue weighted by molar-refractivity contribution is 6.58. The van der Waals surface area contributed by atoms with E-state index in [1.54, 1.807) is 12.1 Å². The number of hydrogen-bond donors (Lipinski definition) is 2. The predicted molar refractivity (Wildman–Crippen MR) is 50.1 cm³/mol. The molecule has 1 aliphatic heterocycles. The molecule has 68 valence electrons. The van der Waals surface area contributed by atoms with E-state index in [-0.39, 0.29) is 0 Å². The van der Waals surface area contributed by atoms with Gasteiger partial charge in [-0.3, -0.25) is 0 Å². The lowest BCUT2D eigenvalue weighted by Gasteiger charge is -2.17. The fourth-order valence-corrected chi connectivity index (χ4v) is 1.52. The van der Waals surface area contributed by atoms with E-state index in [0.717, 1.165) is 30.8 Å². The van der Waals surface area contributed by atoms with Gasteiger partial charge >= 0.3 is 7.12 Å². The molecule has 1 aromatic carbocycles. The molecule has 0 radical (unpaired) electrons. The first-order chi connectivity index (χ1) is 6.27. The van der Waals surface area contributed by atoms with Crippen LogP contribution in [0.1, 0.15) is 12.0 Å². The maximum absolute atomic E-state index is 8.93. The van der Waals surface area contributed by atoms with Gasteiger partial charge in [0.25, 0.3) is 0 Å². The van der Waals surface area contributed by atoms with Crippen LogP contribution >= 0.6 is 0 Å². The Bertz CT molecular complexity index is 312. The highest BCUT2D eigenvalue weighted by Crippen LogP contribution is 2.22. The first-order valence-electron chi connectivity index (χ1n) is 4.39. The fourth-order valence-electron chi connectivity index (χ4n) is 1.52. The molecular formula is C9H11BO3. The second-order valence-corrected chi connectivity index (χ2v) is 3.19. The molecule has 0 saturated carbocycles. The molecule has 2 N–H and O–H groups in total. The second-order valence-electron chi connectivity index (χ2n) is 3.19. The summed E-state index contributed by atoms with van der Waals surface area (Å²) in [5.41, 5.74) is 1.64. The Kier molecular flexibility index (Phi) is 2.25. The van der Waals surface area contributed by atoms with Crippen molar-refractivity contribution in [1.29, 1.82) is 0 Å². The van der Waals surface area contributed by atoms with Crippen LogP contribution in [-0.2, 0) is 6.42 Å². The van der Waals surface area contributed by atoms with E-state index in [1.165, 1.54) is 0 Å². The van der Waals surface area contributed by atoms with Crippen LogP contribution in [-0.4, -0.2) is 23.8 Å². The molecule has 0 amide bonds. The van der Waals surface area contributed by atoms with E-state index >= 15 is 0 Å². The van der Waals surface area contributed by atoms with Crippen LogP contribution in [0.3, 0.4) is 0 Å². The van der Waals surface area contributed by atoms with Crippen LogP contribution in [0.4, 0.5) is 0 Å². The Balaban J connectivity index is 2.35. The van der Waals surface area contributed by atoms with Gasteiger partial charge in [0.15, 0.2) is 0 Å². The molecule has 0 fully saturated rings. The van der Waals surface area contributed by atoms with Crippen LogP contribution in [0.5, 0.6) is 5.75 Å². The lowest BCUT2D eigenvalue weighted by molar-refractivity contribution is 0.288. The third kappa shape index (κ3) is 1.69. The van der Waals surface area contributed by atoms with Gasteiger partial charge < -0.3 is 14.8 Å². The summed E-state index contributed by atoms with van der Waals surface area (Å²) in [5.74, 6) is 0.789. The van der Waals surface area contributed by atoms with Gasteiger partial charge in [-0.05, 0) is 29.9 Å². The number of fused-ring (bicyclic) bond motifs is 1. The summed E-state index contributed by atoms with van der Waals surface area (Å²) in [7, 11) is -1.41. The molecule has 1 aromatic rings. The van der Waals surface area contributed by atoms with Gasteiger partial charge in [-0.1, -0.05) is 12.1 Å². The maximum Gasteiger partial charge on any atom is 0.488 e. The molecule has 1 aliphatic rings. The summed E-state index contributed by atoms with van der Waals surface area (Å²) in [4.78, 5) is 0. The quantitative estimate of drug-likeness (QED) is 0.580. The first-order valence-corrected chi connectivity index (χ1v) is 4.39. The normalized spacial score (nSPS) is 14.6. The van der Waals surface area contributed by atoms with Crippen LogP contribution in [0.15, 0.2) is 18.2 Å². The van der Waals surface area contributed by atoms with Gasteiger partial charge in [-0.25, -0.2) is 0 Å². The molecule has 13 heavy (non-hydrogen) atoms. The predicted octanol–water partition coefficient (Wildman–Crippen LogP) is -0.309. The van der Waals surface area contributed by atoms with Gasteiger partial charge in [-0.2, -0.15) is 0 Å². The van der Waals surface area contributed by atoms with Crippen molar-refractivity contribution in [3.63, 3.8) is 0 Å². The van der Waals surface area contributed by atoms with E-state index in [2.05, 4.69) is 0 Å². The molecule has 0 spiro atoms. The minimum atomic E-state index is -1.41. The molecule has 0 aliphatic carbocycles. The molecule has 3 nitrogen and oxygen atoms in total. The van der Waals surface area contributed by atoms with Crippen molar-refractivity contribution in [2.45, 2.75) is 12.8 Å². The zero-order valence-corrected chi connectivity index (χ0v) is 7.23. The highest BCUT2D eigenvalue weighted by atomic mass is 16.5. The highest BCUT2D eigenvalue weighted by Gasteiger charge is 2.15. The van der Waals surface area contributed by atoms with Crippen LogP contribution in [0.25, 0.3) is 0 Å². The minimum Gasteiger partial charge on any atom is -0.493 e. The second kappa shape index (κ2) is 3.40. The van der Waals surface area contributed by atoms with Crippen molar-refractivity contribution in [3.05, 3.63) is 23.8 Å². The number of ether oxygens (including phenoxy) is 1. The first kappa shape index (κ1) is 8.60. The molecule has 0 bridgehead atoms. The van der Waals surface area contributed by atoms with Crippen LogP contribution < -0.4 is 10.2 Å². The zero-order valence-electron chi connectivity index (χ0n) is 7.23. The minimum absolute atomic E-state index is 0.487. The molecule has 0 atom stereocenters. The lowest BCUT2D eigenvalue weighted by Crippen LogP contribution is -2.30. The number of aryl methyl sites for hydroxylation is 1. The summed E-state index contributed by atoms with van der Waals surface area (Å²) in [5, 5.41) is 17.9. The monoisotopic (exact) mass is 178 g/mol. The Morgan fingerprint density at radius 1 is 1.31 bits per heavy atom. The number of benzene rings is 1. The van der Waals surface area contributed by atoms with Crippen molar-refractivity contribution in [1.82, 2.24) is 0 Å². The Hall–Kier alpha value is -0.995. The summed E-state index contributed by atoms with van der Waals surface area (Å²) >= 11 is 0. The van der Waals surface area contributed by atoms with Gasteiger partial charge in [0.05, 0.1) is 6.61 Å². The van der Waals surface area contributed by atoms with Crippen molar-refractivity contribution in [3.8, 4) is 5.75 Å². The van der Waals surface area contributed by atoms with E-state index in [4.69, 9.17) is 14.8 Å². The summed E-state index contributed by atoms with van der Waals surface area (Å²) in [6.45, 7) is 0.720. The van der Waals surface area contributed by atoms with Crippen molar-refractivity contribution >= 4 is 12.6 Å². The average Bonchev–Trinajstić information content (AvgIpc) is 2.17. The zero-order chi connectivity index (χ0) is 9.26. The van der Waals surface area contributed by atoms with E-state index in [9.17, 15) is 0 Å². The van der Waals surface area contributed by atoms with E-state index in [1.807, 2.05) is 6.07 Å². The van der Waals surface area contributed by atoms with Gasteiger partial charge in [0, 0.05) is 0 Å². The van der Waals surface area contributed by atoms with Crippen molar-refractivity contribution < 1.29 is 14.8 Å².